The highest BCUT2D eigenvalue weighted by molar-refractivity contribution is 5.77. The highest BCUT2D eigenvalue weighted by Gasteiger charge is 2.00. The maximum absolute atomic E-state index is 10.7. The van der Waals surface area contributed by atoms with Crippen molar-refractivity contribution in [3.05, 3.63) is 28.0 Å². The maximum atomic E-state index is 10.7. The van der Waals surface area contributed by atoms with Gasteiger partial charge in [-0.15, -0.1) is 0 Å². The Morgan fingerprint density at radius 2 is 2.27 bits per heavy atom. The molecule has 0 spiro atoms. The van der Waals surface area contributed by atoms with Crippen molar-refractivity contribution in [2.75, 3.05) is 7.11 Å². The van der Waals surface area contributed by atoms with Crippen molar-refractivity contribution in [2.24, 2.45) is 0 Å². The Labute approximate surface area is 62.8 Å². The van der Waals surface area contributed by atoms with Crippen molar-refractivity contribution in [3.63, 3.8) is 0 Å². The molecule has 0 aliphatic rings. The predicted octanol–water partition coefficient (Wildman–Crippen LogP) is 0.196. The minimum absolute atomic E-state index is 0.201. The first-order valence-corrected chi connectivity index (χ1v) is 3.00. The number of ether oxygens (including phenoxy) is 1. The van der Waals surface area contributed by atoms with Crippen LogP contribution in [0.25, 0.3) is 0 Å². The van der Waals surface area contributed by atoms with Gasteiger partial charge in [-0.2, -0.15) is 0 Å². The molecule has 0 fully saturated rings. The molecule has 1 aromatic heterocycles. The number of pyridine rings is 1. The van der Waals surface area contributed by atoms with Gasteiger partial charge in [0, 0.05) is 6.07 Å². The number of nitrogens with one attached hydrogen (secondary N) is 1. The van der Waals surface area contributed by atoms with Crippen molar-refractivity contribution < 1.29 is 9.53 Å². The van der Waals surface area contributed by atoms with Gasteiger partial charge in [0.25, 0.3) is 5.56 Å². The van der Waals surface area contributed by atoms with Crippen LogP contribution in [0.1, 0.15) is 10.4 Å². The first-order chi connectivity index (χ1) is 5.27. The van der Waals surface area contributed by atoms with Gasteiger partial charge in [-0.05, 0) is 6.07 Å². The highest BCUT2D eigenvalue weighted by atomic mass is 16.5. The Morgan fingerprint density at radius 1 is 1.55 bits per heavy atom. The zero-order valence-corrected chi connectivity index (χ0v) is 5.96. The van der Waals surface area contributed by atoms with Crippen molar-refractivity contribution in [2.45, 2.75) is 0 Å². The van der Waals surface area contributed by atoms with Crippen LogP contribution in [0, 0.1) is 0 Å². The number of aromatic amines is 1. The average molecular weight is 153 g/mol. The maximum Gasteiger partial charge on any atom is 0.250 e. The first-order valence-electron chi connectivity index (χ1n) is 3.00. The van der Waals surface area contributed by atoms with Gasteiger partial charge in [0.1, 0.15) is 0 Å². The summed E-state index contributed by atoms with van der Waals surface area (Å²) in [7, 11) is 1.39. The fraction of sp³-hybridized carbons (Fsp3) is 0.143. The second-order valence-electron chi connectivity index (χ2n) is 1.93. The number of hydrogen-bond donors (Lipinski definition) is 1. The largest absolute Gasteiger partial charge is 0.482 e. The Bertz CT molecular complexity index is 316. The van der Waals surface area contributed by atoms with E-state index in [9.17, 15) is 9.59 Å². The van der Waals surface area contributed by atoms with Crippen LogP contribution in [-0.4, -0.2) is 18.4 Å². The molecule has 58 valence electrons. The molecule has 0 atom stereocenters. The third-order valence-electron chi connectivity index (χ3n) is 1.24. The lowest BCUT2D eigenvalue weighted by Gasteiger charge is -1.99. The van der Waals surface area contributed by atoms with Crippen molar-refractivity contribution >= 4 is 6.29 Å². The van der Waals surface area contributed by atoms with E-state index in [1.807, 2.05) is 0 Å². The normalized spacial score (nSPS) is 9.18. The molecular weight excluding hydrogens is 146 g/mol. The number of H-pyrrole nitrogens is 1. The third-order valence-corrected chi connectivity index (χ3v) is 1.24. The Balaban J connectivity index is 3.27. The van der Waals surface area contributed by atoms with Crippen LogP contribution in [0.15, 0.2) is 16.9 Å². The fourth-order valence-corrected chi connectivity index (χ4v) is 0.729. The van der Waals surface area contributed by atoms with E-state index in [0.29, 0.717) is 11.8 Å². The number of hydrogen-bond acceptors (Lipinski definition) is 3. The van der Waals surface area contributed by atoms with Gasteiger partial charge in [0.05, 0.1) is 12.7 Å². The van der Waals surface area contributed by atoms with Gasteiger partial charge in [-0.1, -0.05) is 0 Å². The summed E-state index contributed by atoms with van der Waals surface area (Å²) < 4.78 is 4.73. The van der Waals surface area contributed by atoms with E-state index >= 15 is 0 Å². The van der Waals surface area contributed by atoms with Gasteiger partial charge < -0.3 is 4.74 Å². The molecule has 0 radical (unpaired) electrons. The lowest BCUT2D eigenvalue weighted by molar-refractivity contribution is 0.112. The molecule has 11 heavy (non-hydrogen) atoms. The molecule has 1 N–H and O–H groups in total. The second kappa shape index (κ2) is 3.01. The van der Waals surface area contributed by atoms with Gasteiger partial charge >= 0.3 is 0 Å². The average Bonchev–Trinajstić information content (AvgIpc) is 2.04. The molecule has 1 heterocycles. The van der Waals surface area contributed by atoms with Crippen LogP contribution < -0.4 is 10.3 Å². The van der Waals surface area contributed by atoms with Crippen molar-refractivity contribution in [1.82, 2.24) is 4.98 Å². The van der Waals surface area contributed by atoms with Gasteiger partial charge in [0.15, 0.2) is 6.29 Å². The molecule has 4 heteroatoms. The summed E-state index contributed by atoms with van der Waals surface area (Å²) in [5.41, 5.74) is 0.0551. The quantitative estimate of drug-likeness (QED) is 0.617. The summed E-state index contributed by atoms with van der Waals surface area (Å²) in [5, 5.41) is 0. The van der Waals surface area contributed by atoms with Crippen molar-refractivity contribution in [1.29, 1.82) is 0 Å². The molecule has 0 bridgehead atoms. The number of aromatic nitrogens is 1. The minimum Gasteiger partial charge on any atom is -0.482 e. The summed E-state index contributed by atoms with van der Waals surface area (Å²) in [6.07, 6.45) is 0.620. The predicted molar refractivity (Wildman–Crippen MR) is 39.0 cm³/mol. The molecule has 0 aliphatic carbocycles. The van der Waals surface area contributed by atoms with Crippen LogP contribution in [0.4, 0.5) is 0 Å². The number of rotatable bonds is 2. The zero-order valence-electron chi connectivity index (χ0n) is 5.96. The molecule has 1 aromatic rings. The third kappa shape index (κ3) is 1.46. The first kappa shape index (κ1) is 7.53. The van der Waals surface area contributed by atoms with Crippen LogP contribution in [0.3, 0.4) is 0 Å². The topological polar surface area (TPSA) is 59.2 Å². The summed E-state index contributed by atoms with van der Waals surface area (Å²) in [6, 6.07) is 2.68. The van der Waals surface area contributed by atoms with E-state index in [1.165, 1.54) is 19.2 Å². The van der Waals surface area contributed by atoms with Crippen LogP contribution >= 0.6 is 0 Å². The van der Waals surface area contributed by atoms with Gasteiger partial charge in [-0.3, -0.25) is 14.6 Å². The van der Waals surface area contributed by atoms with E-state index in [2.05, 4.69) is 4.98 Å². The van der Waals surface area contributed by atoms with E-state index in [0.717, 1.165) is 0 Å². The van der Waals surface area contributed by atoms with E-state index < -0.39 is 0 Å². The smallest absolute Gasteiger partial charge is 0.250 e. The number of methoxy groups -OCH3 is 1. The summed E-state index contributed by atoms with van der Waals surface area (Å²) in [5.74, 6) is 0.201. The molecule has 0 saturated heterocycles. The Kier molecular flexibility index (Phi) is 2.06. The fourth-order valence-electron chi connectivity index (χ4n) is 0.729. The zero-order chi connectivity index (χ0) is 8.27. The van der Waals surface area contributed by atoms with Crippen LogP contribution in [-0.2, 0) is 0 Å². The molecule has 1 rings (SSSR count). The standard InChI is InChI=1S/C7H7NO3/c1-11-7-5(4-9)2-3-6(10)8-7/h2-4H,1H3,(H,8,10). The van der Waals surface area contributed by atoms with E-state index in [4.69, 9.17) is 4.74 Å². The van der Waals surface area contributed by atoms with Gasteiger partial charge in [-0.25, -0.2) is 0 Å². The lowest BCUT2D eigenvalue weighted by Crippen LogP contribution is -2.06. The number of aldehydes is 1. The summed E-state index contributed by atoms with van der Waals surface area (Å²) >= 11 is 0. The number of carbonyl (C=O) groups is 1. The monoisotopic (exact) mass is 153 g/mol. The molecule has 0 aromatic carbocycles. The summed E-state index contributed by atoms with van der Waals surface area (Å²) in [6.45, 7) is 0. The van der Waals surface area contributed by atoms with E-state index in [-0.39, 0.29) is 11.4 Å². The van der Waals surface area contributed by atoms with Crippen LogP contribution in [0.2, 0.25) is 0 Å². The van der Waals surface area contributed by atoms with Crippen LogP contribution in [0.5, 0.6) is 5.88 Å². The summed E-state index contributed by atoms with van der Waals surface area (Å²) in [4.78, 5) is 23.3. The van der Waals surface area contributed by atoms with Crippen molar-refractivity contribution in [3.8, 4) is 5.88 Å². The highest BCUT2D eigenvalue weighted by Crippen LogP contribution is 2.07. The Morgan fingerprint density at radius 3 is 2.82 bits per heavy atom. The molecule has 0 amide bonds. The SMILES string of the molecule is COc1[nH]c(=O)ccc1C=O. The molecule has 4 nitrogen and oxygen atoms in total. The molecule has 0 saturated carbocycles. The van der Waals surface area contributed by atoms with Gasteiger partial charge in [0.2, 0.25) is 5.88 Å². The lowest BCUT2D eigenvalue weighted by atomic mass is 10.3. The molecular formula is C7H7NO3. The second-order valence-corrected chi connectivity index (χ2v) is 1.93. The molecule has 0 aliphatic heterocycles. The minimum atomic E-state index is -0.285. The Hall–Kier alpha value is -1.58. The molecule has 0 unspecified atom stereocenters. The number of carbonyl (C=O) groups excluding carboxylic acids is 1. The van der Waals surface area contributed by atoms with E-state index in [1.54, 1.807) is 0 Å².